The van der Waals surface area contributed by atoms with Gasteiger partial charge in [-0.1, -0.05) is 0 Å². The van der Waals surface area contributed by atoms with Crippen molar-refractivity contribution >= 4 is 34.8 Å². The number of alkyl halides is 2. The Labute approximate surface area is 204 Å². The molecule has 3 aromatic heterocycles. The summed E-state index contributed by atoms with van der Waals surface area (Å²) in [6.07, 6.45) is 3.41. The third kappa shape index (κ3) is 5.51. The number of ether oxygens (including phenoxy) is 2. The van der Waals surface area contributed by atoms with Crippen LogP contribution in [-0.4, -0.2) is 56.4 Å². The molecule has 192 valence electrons. The molecule has 3 aromatic rings. The van der Waals surface area contributed by atoms with Gasteiger partial charge in [-0.3, -0.25) is 19.1 Å². The fourth-order valence-corrected chi connectivity index (χ4v) is 3.27. The van der Waals surface area contributed by atoms with Crippen LogP contribution in [0.5, 0.6) is 0 Å². The van der Waals surface area contributed by atoms with Crippen LogP contribution in [0.3, 0.4) is 0 Å². The number of hydrogen-bond acceptors (Lipinski definition) is 8. The van der Waals surface area contributed by atoms with E-state index in [4.69, 9.17) is 9.47 Å². The summed E-state index contributed by atoms with van der Waals surface area (Å²) in [5.41, 5.74) is -1.71. The molecular weight excluding hydrogens is 478 g/mol. The van der Waals surface area contributed by atoms with Crippen LogP contribution in [0.15, 0.2) is 35.4 Å². The lowest BCUT2D eigenvalue weighted by atomic mass is 10.2. The molecule has 0 atom stereocenters. The molecular formula is C23H26F2N6O5. The summed E-state index contributed by atoms with van der Waals surface area (Å²) < 4.78 is 38.8. The number of nitrogens with one attached hydrogen (secondary N) is 1. The summed E-state index contributed by atoms with van der Waals surface area (Å²) in [6.45, 7) is 1.93. The van der Waals surface area contributed by atoms with Crippen molar-refractivity contribution in [2.75, 3.05) is 23.9 Å². The summed E-state index contributed by atoms with van der Waals surface area (Å²) in [6, 6.07) is 3.99. The second-order valence-electron chi connectivity index (χ2n) is 9.30. The zero-order valence-electron chi connectivity index (χ0n) is 20.2. The normalized spacial score (nSPS) is 13.8. The smallest absolute Gasteiger partial charge is 0.415 e. The van der Waals surface area contributed by atoms with Gasteiger partial charge in [0.25, 0.3) is 5.56 Å². The number of halogens is 2. The van der Waals surface area contributed by atoms with E-state index in [1.807, 2.05) is 0 Å². The van der Waals surface area contributed by atoms with Gasteiger partial charge in [0.1, 0.15) is 29.5 Å². The maximum Gasteiger partial charge on any atom is 0.415 e. The number of aromatic nitrogens is 4. The van der Waals surface area contributed by atoms with Crippen LogP contribution in [0.2, 0.25) is 0 Å². The molecule has 0 saturated heterocycles. The number of ketones is 1. The summed E-state index contributed by atoms with van der Waals surface area (Å²) >= 11 is 0. The summed E-state index contributed by atoms with van der Waals surface area (Å²) in [5.74, 6) is -0.189. The SMILES string of the molecule is CN(C(=O)OC(C)(C)C)c1cc(Nc2cccn(C(F)F)c2=O)nc2c(C(=O)COC3CC3)cnn12. The van der Waals surface area contributed by atoms with Crippen molar-refractivity contribution in [3.8, 4) is 0 Å². The number of rotatable bonds is 8. The van der Waals surface area contributed by atoms with Gasteiger partial charge >= 0.3 is 12.6 Å². The number of fused-ring (bicyclic) bond motifs is 1. The van der Waals surface area contributed by atoms with Gasteiger partial charge in [0, 0.05) is 19.3 Å². The second-order valence-corrected chi connectivity index (χ2v) is 9.30. The molecule has 1 fully saturated rings. The number of amides is 1. The molecule has 1 saturated carbocycles. The molecule has 0 bridgehead atoms. The first-order valence-electron chi connectivity index (χ1n) is 11.2. The van der Waals surface area contributed by atoms with Crippen LogP contribution >= 0.6 is 0 Å². The lowest BCUT2D eigenvalue weighted by Gasteiger charge is -2.25. The van der Waals surface area contributed by atoms with Crippen molar-refractivity contribution in [2.24, 2.45) is 0 Å². The number of nitrogens with zero attached hydrogens (tertiary/aromatic N) is 5. The molecule has 0 aromatic carbocycles. The highest BCUT2D eigenvalue weighted by molar-refractivity contribution is 6.02. The summed E-state index contributed by atoms with van der Waals surface area (Å²) in [4.78, 5) is 43.6. The van der Waals surface area contributed by atoms with Crippen molar-refractivity contribution in [3.63, 3.8) is 0 Å². The molecule has 0 unspecified atom stereocenters. The van der Waals surface area contributed by atoms with E-state index in [2.05, 4.69) is 15.4 Å². The average molecular weight is 504 g/mol. The lowest BCUT2D eigenvalue weighted by molar-refractivity contribution is 0.0587. The summed E-state index contributed by atoms with van der Waals surface area (Å²) in [7, 11) is 1.44. The topological polar surface area (TPSA) is 120 Å². The van der Waals surface area contributed by atoms with E-state index < -0.39 is 23.8 Å². The minimum Gasteiger partial charge on any atom is -0.443 e. The van der Waals surface area contributed by atoms with E-state index in [1.165, 1.54) is 36.0 Å². The highest BCUT2D eigenvalue weighted by atomic mass is 19.3. The van der Waals surface area contributed by atoms with Crippen molar-refractivity contribution in [3.05, 3.63) is 46.5 Å². The predicted octanol–water partition coefficient (Wildman–Crippen LogP) is 3.76. The standard InChI is InChI=1S/C23H26F2N6O5/c1-23(2,3)36-22(34)29(4)18-10-17(27-15-6-5-9-30(20(15)33)21(24)25)28-19-14(11-26-31(18)19)16(32)12-35-13-7-8-13/h5-6,9-11,13,21H,7-8,12H2,1-4H3,(H,27,28). The van der Waals surface area contributed by atoms with Crippen molar-refractivity contribution in [1.29, 1.82) is 0 Å². The Kier molecular flexibility index (Phi) is 6.76. The monoisotopic (exact) mass is 504 g/mol. The number of hydrogen-bond donors (Lipinski definition) is 1. The van der Waals surface area contributed by atoms with Crippen molar-refractivity contribution in [1.82, 2.24) is 19.2 Å². The van der Waals surface area contributed by atoms with Gasteiger partial charge in [0.05, 0.1) is 17.9 Å². The molecule has 3 heterocycles. The maximum atomic E-state index is 13.2. The minimum atomic E-state index is -3.03. The Bertz CT molecular complexity index is 1360. The molecule has 11 nitrogen and oxygen atoms in total. The van der Waals surface area contributed by atoms with E-state index in [0.29, 0.717) is 0 Å². The highest BCUT2D eigenvalue weighted by Crippen LogP contribution is 2.26. The van der Waals surface area contributed by atoms with Crippen molar-refractivity contribution in [2.45, 2.75) is 51.9 Å². The van der Waals surface area contributed by atoms with Crippen molar-refractivity contribution < 1.29 is 27.8 Å². The van der Waals surface area contributed by atoms with Gasteiger partial charge in [0.2, 0.25) is 0 Å². The minimum absolute atomic E-state index is 0.0229. The molecule has 36 heavy (non-hydrogen) atoms. The number of pyridine rings is 1. The van der Waals surface area contributed by atoms with E-state index >= 15 is 0 Å². The van der Waals surface area contributed by atoms with Gasteiger partial charge in [-0.05, 0) is 45.7 Å². The van der Waals surface area contributed by atoms with Crippen LogP contribution < -0.4 is 15.8 Å². The largest absolute Gasteiger partial charge is 0.443 e. The molecule has 0 aliphatic heterocycles. The van der Waals surface area contributed by atoms with Crippen LogP contribution in [0.1, 0.15) is 50.5 Å². The van der Waals surface area contributed by atoms with Gasteiger partial charge < -0.3 is 14.8 Å². The molecule has 4 rings (SSSR count). The number of Topliss-reactive ketones (excluding diaryl/α,β-unsaturated/α-hetero) is 1. The number of carbonyl (C=O) groups is 2. The maximum absolute atomic E-state index is 13.2. The van der Waals surface area contributed by atoms with Crippen LogP contribution in [0.25, 0.3) is 5.65 Å². The van der Waals surface area contributed by atoms with Crippen LogP contribution in [-0.2, 0) is 9.47 Å². The Morgan fingerprint density at radius 2 is 2.03 bits per heavy atom. The van der Waals surface area contributed by atoms with E-state index in [0.717, 1.165) is 23.9 Å². The molecule has 0 spiro atoms. The Hall–Kier alpha value is -3.87. The lowest BCUT2D eigenvalue weighted by Crippen LogP contribution is -2.35. The zero-order chi connectivity index (χ0) is 26.2. The summed E-state index contributed by atoms with van der Waals surface area (Å²) in [5, 5.41) is 6.94. The highest BCUT2D eigenvalue weighted by Gasteiger charge is 2.27. The van der Waals surface area contributed by atoms with E-state index in [1.54, 1.807) is 20.8 Å². The first-order valence-corrected chi connectivity index (χ1v) is 11.2. The Morgan fingerprint density at radius 1 is 1.31 bits per heavy atom. The van der Waals surface area contributed by atoms with E-state index in [9.17, 15) is 23.2 Å². The number of anilines is 3. The fourth-order valence-electron chi connectivity index (χ4n) is 3.27. The van der Waals surface area contributed by atoms with Crippen LogP contribution in [0.4, 0.5) is 30.9 Å². The van der Waals surface area contributed by atoms with Gasteiger partial charge in [-0.15, -0.1) is 0 Å². The Morgan fingerprint density at radius 3 is 2.67 bits per heavy atom. The third-order valence-electron chi connectivity index (χ3n) is 5.19. The molecule has 1 amide bonds. The fraction of sp³-hybridized carbons (Fsp3) is 0.435. The molecule has 1 aliphatic rings. The molecule has 13 heteroatoms. The first kappa shape index (κ1) is 25.2. The molecule has 1 N–H and O–H groups in total. The van der Waals surface area contributed by atoms with E-state index in [-0.39, 0.29) is 51.6 Å². The second kappa shape index (κ2) is 9.64. The Balaban J connectivity index is 1.77. The molecule has 0 radical (unpaired) electrons. The quantitative estimate of drug-likeness (QED) is 0.461. The average Bonchev–Trinajstić information content (AvgIpc) is 3.53. The van der Waals surface area contributed by atoms with Gasteiger partial charge in [0.15, 0.2) is 11.4 Å². The first-order chi connectivity index (χ1) is 16.9. The number of carbonyl (C=O) groups excluding carboxylic acids is 2. The van der Waals surface area contributed by atoms with Crippen LogP contribution in [0, 0.1) is 0 Å². The zero-order valence-corrected chi connectivity index (χ0v) is 20.2. The molecule has 1 aliphatic carbocycles. The van der Waals surface area contributed by atoms with Gasteiger partial charge in [-0.2, -0.15) is 18.4 Å². The third-order valence-corrected chi connectivity index (χ3v) is 5.19. The van der Waals surface area contributed by atoms with Gasteiger partial charge in [-0.25, -0.2) is 9.78 Å². The predicted molar refractivity (Wildman–Crippen MR) is 126 cm³/mol.